The van der Waals surface area contributed by atoms with E-state index in [1.54, 1.807) is 21.3 Å². The van der Waals surface area contributed by atoms with E-state index in [-0.39, 0.29) is 4.75 Å². The Morgan fingerprint density at radius 1 is 0.710 bits per heavy atom. The summed E-state index contributed by atoms with van der Waals surface area (Å²) >= 11 is 1.97. The molecule has 0 aliphatic carbocycles. The summed E-state index contributed by atoms with van der Waals surface area (Å²) in [5, 5.41) is 0. The zero-order valence-electron chi connectivity index (χ0n) is 18.8. The highest BCUT2D eigenvalue weighted by molar-refractivity contribution is 8.00. The zero-order chi connectivity index (χ0) is 22.1. The minimum atomic E-state index is -0.360. The van der Waals surface area contributed by atoms with Crippen LogP contribution in [-0.2, 0) is 9.48 Å². The van der Waals surface area contributed by atoms with E-state index in [1.807, 2.05) is 36.0 Å². The Labute approximate surface area is 190 Å². The predicted octanol–water partition coefficient (Wildman–Crippen LogP) is 6.40. The molecule has 0 bridgehead atoms. The van der Waals surface area contributed by atoms with Gasteiger partial charge in [-0.05, 0) is 52.6 Å². The maximum Gasteiger partial charge on any atom is 0.118 e. The summed E-state index contributed by atoms with van der Waals surface area (Å²) < 4.78 is 16.0. The molecule has 0 aliphatic rings. The van der Waals surface area contributed by atoms with Crippen LogP contribution in [-0.4, -0.2) is 33.7 Å². The average molecular weight is 437 g/mol. The van der Waals surface area contributed by atoms with Gasteiger partial charge in [0.2, 0.25) is 0 Å². The van der Waals surface area contributed by atoms with Crippen molar-refractivity contribution in [3.8, 4) is 11.5 Å². The Hall–Kier alpha value is -2.43. The molecule has 0 amide bonds. The van der Waals surface area contributed by atoms with Crippen molar-refractivity contribution in [2.24, 2.45) is 5.92 Å². The van der Waals surface area contributed by atoms with E-state index >= 15 is 0 Å². The third kappa shape index (κ3) is 5.25. The van der Waals surface area contributed by atoms with E-state index in [2.05, 4.69) is 61.5 Å². The second-order valence-corrected chi connectivity index (χ2v) is 8.78. The molecule has 0 N–H and O–H groups in total. The van der Waals surface area contributed by atoms with Crippen LogP contribution >= 0.6 is 11.8 Å². The molecule has 0 aliphatic heterocycles. The van der Waals surface area contributed by atoms with Gasteiger partial charge in [-0.2, -0.15) is 0 Å². The van der Waals surface area contributed by atoms with Gasteiger partial charge in [0.15, 0.2) is 0 Å². The summed E-state index contributed by atoms with van der Waals surface area (Å²) in [6.07, 6.45) is 1.08. The lowest BCUT2D eigenvalue weighted by atomic mass is 9.84. The smallest absolute Gasteiger partial charge is 0.118 e. The molecule has 1 atom stereocenters. The summed E-state index contributed by atoms with van der Waals surface area (Å²) in [5.41, 5.74) is 3.70. The van der Waals surface area contributed by atoms with E-state index in [0.717, 1.165) is 30.3 Å². The lowest BCUT2D eigenvalue weighted by molar-refractivity contribution is 0.160. The summed E-state index contributed by atoms with van der Waals surface area (Å²) in [6, 6.07) is 27.6. The monoisotopic (exact) mass is 436 g/mol. The van der Waals surface area contributed by atoms with Crippen molar-refractivity contribution in [2.45, 2.75) is 18.1 Å². The predicted molar refractivity (Wildman–Crippen MR) is 130 cm³/mol. The van der Waals surface area contributed by atoms with Gasteiger partial charge in [0.05, 0.1) is 19.0 Å². The van der Waals surface area contributed by atoms with Gasteiger partial charge in [-0.1, -0.05) is 67.9 Å². The van der Waals surface area contributed by atoms with Gasteiger partial charge in [-0.25, -0.2) is 0 Å². The molecule has 164 valence electrons. The second kappa shape index (κ2) is 11.3. The van der Waals surface area contributed by atoms with Crippen molar-refractivity contribution in [3.05, 3.63) is 95.6 Å². The van der Waals surface area contributed by atoms with Gasteiger partial charge < -0.3 is 14.2 Å². The lowest BCUT2D eigenvalue weighted by Crippen LogP contribution is -2.27. The van der Waals surface area contributed by atoms with Crippen molar-refractivity contribution >= 4 is 11.8 Å². The highest BCUT2D eigenvalue weighted by atomic mass is 32.2. The number of ether oxygens (including phenoxy) is 3. The fraction of sp³-hybridized carbons (Fsp3) is 0.333. The Balaban J connectivity index is 2.17. The first kappa shape index (κ1) is 23.2. The molecule has 0 radical (unpaired) electrons. The van der Waals surface area contributed by atoms with Crippen LogP contribution in [0.1, 0.15) is 30.0 Å². The van der Waals surface area contributed by atoms with Crippen LogP contribution in [0.3, 0.4) is 0 Å². The van der Waals surface area contributed by atoms with Crippen LogP contribution in [0.25, 0.3) is 0 Å². The third-order valence-electron chi connectivity index (χ3n) is 5.69. The molecular weight excluding hydrogens is 404 g/mol. The van der Waals surface area contributed by atoms with Gasteiger partial charge in [0, 0.05) is 13.7 Å². The fourth-order valence-electron chi connectivity index (χ4n) is 3.84. The Morgan fingerprint density at radius 2 is 1.19 bits per heavy atom. The molecule has 31 heavy (non-hydrogen) atoms. The topological polar surface area (TPSA) is 27.7 Å². The van der Waals surface area contributed by atoms with Crippen molar-refractivity contribution in [2.75, 3.05) is 33.7 Å². The van der Waals surface area contributed by atoms with Gasteiger partial charge >= 0.3 is 0 Å². The number of benzene rings is 3. The van der Waals surface area contributed by atoms with Crippen LogP contribution in [0.15, 0.2) is 78.9 Å². The minimum absolute atomic E-state index is 0.360. The van der Waals surface area contributed by atoms with Gasteiger partial charge in [-0.3, -0.25) is 0 Å². The molecule has 0 spiro atoms. The van der Waals surface area contributed by atoms with Crippen molar-refractivity contribution in [1.29, 1.82) is 0 Å². The zero-order valence-corrected chi connectivity index (χ0v) is 19.7. The molecule has 4 heteroatoms. The third-order valence-corrected chi connectivity index (χ3v) is 7.47. The molecule has 3 aromatic carbocycles. The summed E-state index contributed by atoms with van der Waals surface area (Å²) in [4.78, 5) is 0. The molecule has 3 nitrogen and oxygen atoms in total. The first-order valence-corrected chi connectivity index (χ1v) is 11.6. The van der Waals surface area contributed by atoms with E-state index < -0.39 is 0 Å². The van der Waals surface area contributed by atoms with Crippen LogP contribution in [0.5, 0.6) is 11.5 Å². The molecule has 1 unspecified atom stereocenters. The Kier molecular flexibility index (Phi) is 8.44. The highest BCUT2D eigenvalue weighted by Gasteiger charge is 2.37. The molecule has 0 aromatic heterocycles. The minimum Gasteiger partial charge on any atom is -0.497 e. The first-order chi connectivity index (χ1) is 15.2. The van der Waals surface area contributed by atoms with Gasteiger partial charge in [-0.15, -0.1) is 11.8 Å². The van der Waals surface area contributed by atoms with E-state index in [9.17, 15) is 0 Å². The van der Waals surface area contributed by atoms with E-state index in [0.29, 0.717) is 5.92 Å². The molecule has 3 aromatic rings. The van der Waals surface area contributed by atoms with E-state index in [1.165, 1.54) is 16.7 Å². The van der Waals surface area contributed by atoms with Crippen molar-refractivity contribution in [1.82, 2.24) is 0 Å². The summed E-state index contributed by atoms with van der Waals surface area (Å²) in [5.74, 6) is 3.18. The van der Waals surface area contributed by atoms with Crippen LogP contribution in [0, 0.1) is 5.92 Å². The van der Waals surface area contributed by atoms with Crippen LogP contribution in [0.4, 0.5) is 0 Å². The van der Waals surface area contributed by atoms with Crippen LogP contribution < -0.4 is 9.47 Å². The summed E-state index contributed by atoms with van der Waals surface area (Å²) in [7, 11) is 5.19. The maximum atomic E-state index is 5.49. The standard InChI is InChI=1S/C27H32O3S/c1-5-21(19-28-2)20-31-27(22-9-7-6-8-10-22,23-11-15-25(29-3)16-12-23)24-13-17-26(30-4)18-14-24/h6-18,21H,5,19-20H2,1-4H3. The van der Waals surface area contributed by atoms with Gasteiger partial charge in [0.25, 0.3) is 0 Å². The first-order valence-electron chi connectivity index (χ1n) is 10.6. The van der Waals surface area contributed by atoms with E-state index in [4.69, 9.17) is 14.2 Å². The molecular formula is C27H32O3S. The maximum absolute atomic E-state index is 5.49. The largest absolute Gasteiger partial charge is 0.497 e. The van der Waals surface area contributed by atoms with Gasteiger partial charge in [0.1, 0.15) is 11.5 Å². The number of rotatable bonds is 11. The summed E-state index contributed by atoms with van der Waals surface area (Å²) in [6.45, 7) is 2.99. The lowest BCUT2D eigenvalue weighted by Gasteiger charge is -2.36. The number of thioether (sulfide) groups is 1. The molecule has 0 saturated heterocycles. The number of hydrogen-bond donors (Lipinski definition) is 0. The fourth-order valence-corrected chi connectivity index (χ4v) is 5.56. The molecule has 0 saturated carbocycles. The Morgan fingerprint density at radius 3 is 1.61 bits per heavy atom. The molecule has 0 heterocycles. The highest BCUT2D eigenvalue weighted by Crippen LogP contribution is 2.49. The normalized spacial score (nSPS) is 12.4. The quantitative estimate of drug-likeness (QED) is 0.325. The Bertz CT molecular complexity index is 860. The van der Waals surface area contributed by atoms with Crippen LogP contribution in [0.2, 0.25) is 0 Å². The SMILES string of the molecule is CCC(COC)CSC(c1ccccc1)(c1ccc(OC)cc1)c1ccc(OC)cc1. The second-order valence-electron chi connectivity index (χ2n) is 7.54. The molecule has 3 rings (SSSR count). The number of hydrogen-bond acceptors (Lipinski definition) is 4. The van der Waals surface area contributed by atoms with Crippen molar-refractivity contribution in [3.63, 3.8) is 0 Å². The number of methoxy groups -OCH3 is 3. The average Bonchev–Trinajstić information content (AvgIpc) is 2.85. The molecule has 0 fully saturated rings. The van der Waals surface area contributed by atoms with Crippen molar-refractivity contribution < 1.29 is 14.2 Å².